The first kappa shape index (κ1) is 26.8. The van der Waals surface area contributed by atoms with Crippen molar-refractivity contribution in [3.63, 3.8) is 0 Å². The third-order valence-corrected chi connectivity index (χ3v) is 8.12. The van der Waals surface area contributed by atoms with Gasteiger partial charge in [-0.2, -0.15) is 13.2 Å². The van der Waals surface area contributed by atoms with Crippen molar-refractivity contribution < 1.29 is 23.0 Å². The number of alkyl halides is 3. The van der Waals surface area contributed by atoms with E-state index in [1.165, 1.54) is 5.56 Å². The predicted molar refractivity (Wildman–Crippen MR) is 139 cm³/mol. The van der Waals surface area contributed by atoms with Crippen molar-refractivity contribution >= 4 is 22.7 Å². The van der Waals surface area contributed by atoms with Crippen molar-refractivity contribution in [2.24, 2.45) is 11.8 Å². The zero-order valence-corrected chi connectivity index (χ0v) is 21.3. The van der Waals surface area contributed by atoms with E-state index in [1.54, 1.807) is 31.0 Å². The molecule has 1 aliphatic rings. The lowest BCUT2D eigenvalue weighted by atomic mass is 9.82. The molecule has 4 rings (SSSR count). The molecule has 1 N–H and O–H groups in total. The summed E-state index contributed by atoms with van der Waals surface area (Å²) in [6, 6.07) is 13.4. The summed E-state index contributed by atoms with van der Waals surface area (Å²) >= 11 is 1.57. The van der Waals surface area contributed by atoms with E-state index in [1.807, 2.05) is 18.3 Å². The number of pyridine rings is 1. The van der Waals surface area contributed by atoms with Gasteiger partial charge in [-0.3, -0.25) is 4.98 Å². The number of hydrogen-bond acceptors (Lipinski definition) is 5. The van der Waals surface area contributed by atoms with Crippen molar-refractivity contribution in [1.82, 2.24) is 9.88 Å². The average molecular weight is 519 g/mol. The van der Waals surface area contributed by atoms with Gasteiger partial charge in [-0.05, 0) is 98.2 Å². The van der Waals surface area contributed by atoms with Crippen molar-refractivity contribution in [1.29, 1.82) is 0 Å². The van der Waals surface area contributed by atoms with Crippen molar-refractivity contribution in [3.05, 3.63) is 65.9 Å². The van der Waals surface area contributed by atoms with E-state index in [2.05, 4.69) is 22.0 Å². The number of hydrogen-bond donors (Lipinski definition) is 1. The number of aromatic nitrogens is 1. The molecule has 36 heavy (non-hydrogen) atoms. The quantitative estimate of drug-likeness (QED) is 0.319. The minimum atomic E-state index is -4.30. The molecule has 1 aromatic heterocycles. The van der Waals surface area contributed by atoms with Crippen LogP contribution >= 0.6 is 11.8 Å². The van der Waals surface area contributed by atoms with E-state index >= 15 is 0 Å². The molecule has 0 saturated carbocycles. The van der Waals surface area contributed by atoms with Gasteiger partial charge < -0.3 is 14.7 Å². The van der Waals surface area contributed by atoms with Crippen LogP contribution in [-0.2, 0) is 12.6 Å². The Morgan fingerprint density at radius 1 is 1.11 bits per heavy atom. The second-order valence-corrected chi connectivity index (χ2v) is 10.6. The van der Waals surface area contributed by atoms with Crippen LogP contribution in [-0.4, -0.2) is 54.1 Å². The van der Waals surface area contributed by atoms with Gasteiger partial charge in [0, 0.05) is 41.9 Å². The fourth-order valence-corrected chi connectivity index (χ4v) is 5.97. The number of halogens is 3. The summed E-state index contributed by atoms with van der Waals surface area (Å²) in [5, 5.41) is 11.2. The van der Waals surface area contributed by atoms with Crippen molar-refractivity contribution in [2.45, 2.75) is 36.8 Å². The second-order valence-electron chi connectivity index (χ2n) is 9.41. The van der Waals surface area contributed by atoms with Crippen LogP contribution in [0.25, 0.3) is 10.9 Å². The van der Waals surface area contributed by atoms with E-state index in [9.17, 15) is 18.3 Å². The molecule has 0 unspecified atom stereocenters. The lowest BCUT2D eigenvalue weighted by Gasteiger charge is -2.38. The highest BCUT2D eigenvalue weighted by atomic mass is 32.2. The van der Waals surface area contributed by atoms with E-state index < -0.39 is 11.7 Å². The predicted octanol–water partition coefficient (Wildman–Crippen LogP) is 6.31. The van der Waals surface area contributed by atoms with Crippen LogP contribution in [0, 0.1) is 11.8 Å². The van der Waals surface area contributed by atoms with Gasteiger partial charge in [0.25, 0.3) is 0 Å². The van der Waals surface area contributed by atoms with Crippen LogP contribution in [0.5, 0.6) is 5.75 Å². The second kappa shape index (κ2) is 12.3. The molecular weight excluding hydrogens is 485 g/mol. The Labute approximate surface area is 214 Å². The molecule has 0 aliphatic carbocycles. The summed E-state index contributed by atoms with van der Waals surface area (Å²) in [4.78, 5) is 7.68. The lowest BCUT2D eigenvalue weighted by molar-refractivity contribution is -0.137. The van der Waals surface area contributed by atoms with Gasteiger partial charge in [-0.15, -0.1) is 11.8 Å². The van der Waals surface area contributed by atoms with Gasteiger partial charge in [0.05, 0.1) is 18.2 Å². The summed E-state index contributed by atoms with van der Waals surface area (Å²) in [6.07, 6.45) is 1.72. The summed E-state index contributed by atoms with van der Waals surface area (Å²) in [5.74, 6) is 2.40. The average Bonchev–Trinajstić information content (AvgIpc) is 2.89. The molecule has 8 heteroatoms. The molecule has 4 nitrogen and oxygen atoms in total. The molecule has 194 valence electrons. The SMILES string of the molecule is COc1ccc2nccc(CCC[C@@H]3CCN(CCSc4ccc(C(F)(F)F)cc4)C[C@@H]3CO)c2c1. The first-order chi connectivity index (χ1) is 17.4. The number of ether oxygens (including phenoxy) is 1. The number of piperidine rings is 1. The number of benzene rings is 2. The van der Waals surface area contributed by atoms with Gasteiger partial charge in [0.15, 0.2) is 0 Å². The highest BCUT2D eigenvalue weighted by molar-refractivity contribution is 7.99. The minimum Gasteiger partial charge on any atom is -0.497 e. The van der Waals surface area contributed by atoms with Gasteiger partial charge in [0.1, 0.15) is 5.75 Å². The van der Waals surface area contributed by atoms with Crippen LogP contribution in [0.15, 0.2) is 59.6 Å². The third-order valence-electron chi connectivity index (χ3n) is 7.13. The molecule has 3 aromatic rings. The molecule has 2 heterocycles. The molecule has 1 fully saturated rings. The normalized spacial score (nSPS) is 19.0. The van der Waals surface area contributed by atoms with Crippen LogP contribution in [0.4, 0.5) is 13.2 Å². The summed E-state index contributed by atoms with van der Waals surface area (Å²) in [6.45, 7) is 2.90. The highest BCUT2D eigenvalue weighted by Crippen LogP contribution is 2.32. The first-order valence-electron chi connectivity index (χ1n) is 12.4. The van der Waals surface area contributed by atoms with Crippen LogP contribution in [0.1, 0.15) is 30.4 Å². The van der Waals surface area contributed by atoms with E-state index in [0.717, 1.165) is 84.8 Å². The number of aryl methyl sites for hydroxylation is 1. The molecular formula is C28H33F3N2O2S. The highest BCUT2D eigenvalue weighted by Gasteiger charge is 2.30. The van der Waals surface area contributed by atoms with Crippen molar-refractivity contribution in [3.8, 4) is 5.75 Å². The Morgan fingerprint density at radius 2 is 1.92 bits per heavy atom. The Bertz CT molecular complexity index is 1120. The lowest BCUT2D eigenvalue weighted by Crippen LogP contribution is -2.42. The molecule has 1 saturated heterocycles. The Hall–Kier alpha value is -2.29. The zero-order valence-electron chi connectivity index (χ0n) is 20.5. The maximum Gasteiger partial charge on any atom is 0.416 e. The maximum atomic E-state index is 12.7. The Morgan fingerprint density at radius 3 is 2.64 bits per heavy atom. The number of fused-ring (bicyclic) bond motifs is 1. The summed E-state index contributed by atoms with van der Waals surface area (Å²) in [5.41, 5.74) is 1.64. The fraction of sp³-hybridized carbons (Fsp3) is 0.464. The number of rotatable bonds is 10. The molecule has 2 atom stereocenters. The topological polar surface area (TPSA) is 45.6 Å². The van der Waals surface area contributed by atoms with E-state index in [-0.39, 0.29) is 12.5 Å². The number of nitrogens with zero attached hydrogens (tertiary/aromatic N) is 2. The summed E-state index contributed by atoms with van der Waals surface area (Å²) < 4.78 is 43.6. The fourth-order valence-electron chi connectivity index (χ4n) is 5.06. The first-order valence-corrected chi connectivity index (χ1v) is 13.4. The van der Waals surface area contributed by atoms with E-state index in [4.69, 9.17) is 4.74 Å². The number of aliphatic hydroxyl groups excluding tert-OH is 1. The van der Waals surface area contributed by atoms with Crippen LogP contribution < -0.4 is 4.74 Å². The zero-order chi connectivity index (χ0) is 25.5. The van der Waals surface area contributed by atoms with Crippen LogP contribution in [0.3, 0.4) is 0 Å². The largest absolute Gasteiger partial charge is 0.497 e. The number of likely N-dealkylation sites (tertiary alicyclic amines) is 1. The molecule has 0 bridgehead atoms. The molecule has 0 spiro atoms. The summed E-state index contributed by atoms with van der Waals surface area (Å²) in [7, 11) is 1.67. The standard InChI is InChI=1S/C28H33F3N2O2S/c1-35-24-7-10-27-26(17-24)21(11-13-32-27)4-2-3-20-12-14-33(18-22(20)19-34)15-16-36-25-8-5-23(6-9-25)28(29,30)31/h5-11,13,17,20,22,34H,2-4,12,14-16,18-19H2,1H3/t20-,22-/m1/s1. The Kier molecular flexibility index (Phi) is 9.14. The third kappa shape index (κ3) is 6.93. The monoisotopic (exact) mass is 518 g/mol. The van der Waals surface area contributed by atoms with Gasteiger partial charge in [-0.25, -0.2) is 0 Å². The van der Waals surface area contributed by atoms with Gasteiger partial charge >= 0.3 is 6.18 Å². The molecule has 0 amide bonds. The molecule has 2 aromatic carbocycles. The number of aliphatic hydroxyl groups is 1. The smallest absolute Gasteiger partial charge is 0.416 e. The number of methoxy groups -OCH3 is 1. The Balaban J connectivity index is 1.23. The van der Waals surface area contributed by atoms with E-state index in [0.29, 0.717) is 5.92 Å². The number of thioether (sulfide) groups is 1. The molecule has 0 radical (unpaired) electrons. The van der Waals surface area contributed by atoms with Gasteiger partial charge in [-0.1, -0.05) is 0 Å². The van der Waals surface area contributed by atoms with Crippen molar-refractivity contribution in [2.75, 3.05) is 39.1 Å². The molecule has 1 aliphatic heterocycles. The maximum absolute atomic E-state index is 12.7. The van der Waals surface area contributed by atoms with Gasteiger partial charge in [0.2, 0.25) is 0 Å². The van der Waals surface area contributed by atoms with Crippen LogP contribution in [0.2, 0.25) is 0 Å². The minimum absolute atomic E-state index is 0.183.